The number of hydrogen-bond acceptors (Lipinski definition) is 3. The molecule has 0 atom stereocenters. The Morgan fingerprint density at radius 3 is 3.00 bits per heavy atom. The molecule has 0 bridgehead atoms. The maximum Gasteiger partial charge on any atom is 0.200 e. The second kappa shape index (κ2) is 3.22. The maximum absolute atomic E-state index is 5.71. The Morgan fingerprint density at radius 1 is 1.62 bits per heavy atom. The SMILES string of the molecule is Cc1cnc(N)n1Cc1ccsc1. The predicted molar refractivity (Wildman–Crippen MR) is 54.8 cm³/mol. The molecule has 0 aliphatic carbocycles. The molecule has 0 unspecified atom stereocenters. The first-order valence-electron chi connectivity index (χ1n) is 4.06. The third-order valence-corrected chi connectivity index (χ3v) is 2.74. The summed E-state index contributed by atoms with van der Waals surface area (Å²) in [5.41, 5.74) is 8.09. The van der Waals surface area contributed by atoms with Gasteiger partial charge in [0.15, 0.2) is 0 Å². The zero-order valence-electron chi connectivity index (χ0n) is 7.40. The molecule has 0 aromatic carbocycles. The minimum absolute atomic E-state index is 0.587. The molecule has 0 amide bonds. The van der Waals surface area contributed by atoms with Crippen LogP contribution in [0.1, 0.15) is 11.3 Å². The van der Waals surface area contributed by atoms with Crippen molar-refractivity contribution in [1.82, 2.24) is 9.55 Å². The second-order valence-electron chi connectivity index (χ2n) is 2.98. The highest BCUT2D eigenvalue weighted by Crippen LogP contribution is 2.12. The summed E-state index contributed by atoms with van der Waals surface area (Å²) in [5.74, 6) is 0.587. The van der Waals surface area contributed by atoms with E-state index < -0.39 is 0 Å². The number of rotatable bonds is 2. The fourth-order valence-electron chi connectivity index (χ4n) is 1.25. The standard InChI is InChI=1S/C9H11N3S/c1-7-4-11-9(10)12(7)5-8-2-3-13-6-8/h2-4,6H,5H2,1H3,(H2,10,11). The van der Waals surface area contributed by atoms with Gasteiger partial charge in [0.05, 0.1) is 12.7 Å². The van der Waals surface area contributed by atoms with E-state index in [1.165, 1.54) is 5.56 Å². The van der Waals surface area contributed by atoms with Gasteiger partial charge < -0.3 is 10.3 Å². The first kappa shape index (κ1) is 8.31. The molecule has 0 aliphatic rings. The fraction of sp³-hybridized carbons (Fsp3) is 0.222. The molecule has 3 nitrogen and oxygen atoms in total. The highest BCUT2D eigenvalue weighted by Gasteiger charge is 2.03. The second-order valence-corrected chi connectivity index (χ2v) is 3.76. The molecule has 4 heteroatoms. The van der Waals surface area contributed by atoms with Crippen LogP contribution in [0.2, 0.25) is 0 Å². The van der Waals surface area contributed by atoms with Crippen molar-refractivity contribution in [3.8, 4) is 0 Å². The molecule has 0 saturated carbocycles. The van der Waals surface area contributed by atoms with E-state index in [9.17, 15) is 0 Å². The zero-order chi connectivity index (χ0) is 9.26. The Morgan fingerprint density at radius 2 is 2.46 bits per heavy atom. The van der Waals surface area contributed by atoms with Crippen LogP contribution in [-0.4, -0.2) is 9.55 Å². The number of aryl methyl sites for hydroxylation is 1. The lowest BCUT2D eigenvalue weighted by Gasteiger charge is -2.04. The number of thiophene rings is 1. The third-order valence-electron chi connectivity index (χ3n) is 2.01. The zero-order valence-corrected chi connectivity index (χ0v) is 8.21. The topological polar surface area (TPSA) is 43.8 Å². The largest absolute Gasteiger partial charge is 0.369 e. The van der Waals surface area contributed by atoms with Crippen molar-refractivity contribution >= 4 is 17.3 Å². The van der Waals surface area contributed by atoms with Crippen molar-refractivity contribution in [3.05, 3.63) is 34.3 Å². The van der Waals surface area contributed by atoms with Crippen LogP contribution in [0.4, 0.5) is 5.95 Å². The van der Waals surface area contributed by atoms with Crippen molar-refractivity contribution in [2.75, 3.05) is 5.73 Å². The van der Waals surface area contributed by atoms with Gasteiger partial charge in [-0.15, -0.1) is 0 Å². The first-order chi connectivity index (χ1) is 6.27. The van der Waals surface area contributed by atoms with Gasteiger partial charge in [0.25, 0.3) is 0 Å². The van der Waals surface area contributed by atoms with Crippen LogP contribution in [0.5, 0.6) is 0 Å². The van der Waals surface area contributed by atoms with Gasteiger partial charge in [0, 0.05) is 5.69 Å². The molecule has 0 fully saturated rings. The molecular formula is C9H11N3S. The van der Waals surface area contributed by atoms with Crippen molar-refractivity contribution < 1.29 is 0 Å². The Labute approximate surface area is 80.8 Å². The summed E-state index contributed by atoms with van der Waals surface area (Å²) in [7, 11) is 0. The molecule has 68 valence electrons. The van der Waals surface area contributed by atoms with Crippen LogP contribution >= 0.6 is 11.3 Å². The lowest BCUT2D eigenvalue weighted by atomic mass is 10.3. The quantitative estimate of drug-likeness (QED) is 0.791. The minimum atomic E-state index is 0.587. The summed E-state index contributed by atoms with van der Waals surface area (Å²) >= 11 is 1.70. The number of nitrogens with zero attached hydrogens (tertiary/aromatic N) is 2. The van der Waals surface area contributed by atoms with Crippen LogP contribution < -0.4 is 5.73 Å². The summed E-state index contributed by atoms with van der Waals surface area (Å²) in [6, 6.07) is 2.10. The molecule has 0 aliphatic heterocycles. The molecule has 13 heavy (non-hydrogen) atoms. The van der Waals surface area contributed by atoms with E-state index in [-0.39, 0.29) is 0 Å². The predicted octanol–water partition coefficient (Wildman–Crippen LogP) is 1.88. The van der Waals surface area contributed by atoms with Gasteiger partial charge in [-0.1, -0.05) is 0 Å². The van der Waals surface area contributed by atoms with E-state index in [1.807, 2.05) is 11.5 Å². The van der Waals surface area contributed by atoms with E-state index in [2.05, 4.69) is 21.8 Å². The summed E-state index contributed by atoms with van der Waals surface area (Å²) in [4.78, 5) is 4.04. The molecule has 2 rings (SSSR count). The Hall–Kier alpha value is -1.29. The molecule has 0 radical (unpaired) electrons. The smallest absolute Gasteiger partial charge is 0.200 e. The van der Waals surface area contributed by atoms with E-state index in [0.29, 0.717) is 5.95 Å². The number of nitrogens with two attached hydrogens (primary N) is 1. The highest BCUT2D eigenvalue weighted by molar-refractivity contribution is 7.07. The van der Waals surface area contributed by atoms with Crippen LogP contribution in [0.15, 0.2) is 23.0 Å². The molecular weight excluding hydrogens is 182 g/mol. The molecule has 2 aromatic rings. The van der Waals surface area contributed by atoms with Gasteiger partial charge in [0.2, 0.25) is 5.95 Å². The summed E-state index contributed by atoms with van der Waals surface area (Å²) < 4.78 is 2.00. The van der Waals surface area contributed by atoms with E-state index in [1.54, 1.807) is 17.5 Å². The van der Waals surface area contributed by atoms with Crippen LogP contribution in [-0.2, 0) is 6.54 Å². The van der Waals surface area contributed by atoms with Gasteiger partial charge in [-0.3, -0.25) is 0 Å². The van der Waals surface area contributed by atoms with Crippen molar-refractivity contribution in [1.29, 1.82) is 0 Å². The van der Waals surface area contributed by atoms with E-state index in [4.69, 9.17) is 5.73 Å². The normalized spacial score (nSPS) is 10.5. The Bertz CT molecular complexity index is 369. The third kappa shape index (κ3) is 1.58. The molecule has 2 aromatic heterocycles. The Kier molecular flexibility index (Phi) is 2.06. The van der Waals surface area contributed by atoms with E-state index in [0.717, 1.165) is 12.2 Å². The number of aromatic nitrogens is 2. The van der Waals surface area contributed by atoms with Gasteiger partial charge >= 0.3 is 0 Å². The van der Waals surface area contributed by atoms with Crippen molar-refractivity contribution in [2.45, 2.75) is 13.5 Å². The summed E-state index contributed by atoms with van der Waals surface area (Å²) in [6.45, 7) is 2.83. The van der Waals surface area contributed by atoms with Crippen LogP contribution in [0.3, 0.4) is 0 Å². The minimum Gasteiger partial charge on any atom is -0.369 e. The summed E-state index contributed by atoms with van der Waals surface area (Å²) in [5, 5.41) is 4.19. The van der Waals surface area contributed by atoms with Gasteiger partial charge in [-0.25, -0.2) is 4.98 Å². The number of nitrogen functional groups attached to an aromatic ring is 1. The van der Waals surface area contributed by atoms with Crippen LogP contribution in [0, 0.1) is 6.92 Å². The monoisotopic (exact) mass is 193 g/mol. The first-order valence-corrected chi connectivity index (χ1v) is 5.00. The maximum atomic E-state index is 5.71. The fourth-order valence-corrected chi connectivity index (χ4v) is 1.91. The van der Waals surface area contributed by atoms with Crippen molar-refractivity contribution in [2.24, 2.45) is 0 Å². The average molecular weight is 193 g/mol. The lowest BCUT2D eigenvalue weighted by molar-refractivity contribution is 0.785. The van der Waals surface area contributed by atoms with Gasteiger partial charge in [0.1, 0.15) is 0 Å². The van der Waals surface area contributed by atoms with E-state index >= 15 is 0 Å². The molecule has 2 N–H and O–H groups in total. The molecule has 0 spiro atoms. The average Bonchev–Trinajstić information content (AvgIpc) is 2.70. The Balaban J connectivity index is 2.27. The van der Waals surface area contributed by atoms with Crippen molar-refractivity contribution in [3.63, 3.8) is 0 Å². The van der Waals surface area contributed by atoms with Gasteiger partial charge in [-0.2, -0.15) is 11.3 Å². The molecule has 0 saturated heterocycles. The number of imidazole rings is 1. The van der Waals surface area contributed by atoms with Crippen LogP contribution in [0.25, 0.3) is 0 Å². The summed E-state index contributed by atoms with van der Waals surface area (Å²) in [6.07, 6.45) is 1.79. The molecule has 2 heterocycles. The highest BCUT2D eigenvalue weighted by atomic mass is 32.1. The number of anilines is 1. The van der Waals surface area contributed by atoms with Gasteiger partial charge in [-0.05, 0) is 29.3 Å². The lowest BCUT2D eigenvalue weighted by Crippen LogP contribution is -2.05. The number of hydrogen-bond donors (Lipinski definition) is 1.